The van der Waals surface area contributed by atoms with Crippen LogP contribution in [0.15, 0.2) is 15.9 Å². The summed E-state index contributed by atoms with van der Waals surface area (Å²) in [6, 6.07) is 1.64. The van der Waals surface area contributed by atoms with Crippen LogP contribution in [-0.4, -0.2) is 17.1 Å². The summed E-state index contributed by atoms with van der Waals surface area (Å²) in [7, 11) is 0. The number of nitrogens with one attached hydrogen (secondary N) is 1. The summed E-state index contributed by atoms with van der Waals surface area (Å²) in [5, 5.41) is 14.2. The topological polar surface area (TPSA) is 49.3 Å². The van der Waals surface area contributed by atoms with E-state index in [0.29, 0.717) is 6.42 Å². The summed E-state index contributed by atoms with van der Waals surface area (Å²) in [4.78, 5) is 12.1. The second-order valence-electron chi connectivity index (χ2n) is 3.74. The smallest absolute Gasteiger partial charge is 0.320 e. The van der Waals surface area contributed by atoms with Gasteiger partial charge in [-0.1, -0.05) is 13.3 Å². The molecule has 0 aliphatic rings. The zero-order valence-electron chi connectivity index (χ0n) is 9.37. The van der Waals surface area contributed by atoms with Crippen LogP contribution in [0.2, 0.25) is 0 Å². The minimum absolute atomic E-state index is 0.0731. The van der Waals surface area contributed by atoms with Crippen molar-refractivity contribution in [2.75, 3.05) is 0 Å². The second-order valence-corrected chi connectivity index (χ2v) is 5.59. The van der Waals surface area contributed by atoms with Gasteiger partial charge in [-0.25, -0.2) is 0 Å². The van der Waals surface area contributed by atoms with Crippen LogP contribution in [0.5, 0.6) is 0 Å². The van der Waals surface area contributed by atoms with Crippen LogP contribution in [0.3, 0.4) is 0 Å². The van der Waals surface area contributed by atoms with E-state index in [1.807, 2.05) is 25.3 Å². The van der Waals surface area contributed by atoms with Crippen molar-refractivity contribution in [1.29, 1.82) is 0 Å². The molecule has 5 heteroatoms. The van der Waals surface area contributed by atoms with E-state index in [-0.39, 0.29) is 6.04 Å². The van der Waals surface area contributed by atoms with Crippen molar-refractivity contribution < 1.29 is 9.90 Å². The van der Waals surface area contributed by atoms with Crippen molar-refractivity contribution in [3.8, 4) is 0 Å². The Bertz CT molecular complexity index is 354. The number of halogens is 1. The predicted molar refractivity (Wildman–Crippen MR) is 69.9 cm³/mol. The molecule has 0 fully saturated rings. The van der Waals surface area contributed by atoms with Gasteiger partial charge < -0.3 is 5.11 Å². The fraction of sp³-hybridized carbons (Fsp3) is 0.545. The third kappa shape index (κ3) is 3.88. The Labute approximate surface area is 108 Å². The molecule has 1 rings (SSSR count). The van der Waals surface area contributed by atoms with Crippen molar-refractivity contribution in [2.45, 2.75) is 38.8 Å². The van der Waals surface area contributed by atoms with E-state index in [0.717, 1.165) is 15.8 Å². The lowest BCUT2D eigenvalue weighted by Crippen LogP contribution is -2.37. The summed E-state index contributed by atoms with van der Waals surface area (Å²) in [5.41, 5.74) is 0. The first-order chi connectivity index (χ1) is 7.54. The highest BCUT2D eigenvalue weighted by molar-refractivity contribution is 9.10. The molecule has 16 heavy (non-hydrogen) atoms. The molecule has 0 aliphatic carbocycles. The van der Waals surface area contributed by atoms with Gasteiger partial charge in [0.25, 0.3) is 0 Å². The number of hydrogen-bond donors (Lipinski definition) is 2. The first-order valence-electron chi connectivity index (χ1n) is 5.27. The fourth-order valence-corrected chi connectivity index (χ4v) is 2.97. The molecule has 0 spiro atoms. The van der Waals surface area contributed by atoms with Crippen molar-refractivity contribution in [1.82, 2.24) is 5.32 Å². The van der Waals surface area contributed by atoms with Crippen molar-refractivity contribution in [3.05, 3.63) is 20.8 Å². The molecular formula is C11H16BrNO2S. The van der Waals surface area contributed by atoms with E-state index in [4.69, 9.17) is 5.11 Å². The van der Waals surface area contributed by atoms with Crippen LogP contribution in [0, 0.1) is 0 Å². The molecule has 2 N–H and O–H groups in total. The monoisotopic (exact) mass is 305 g/mol. The number of carbonyl (C=O) groups is 1. The van der Waals surface area contributed by atoms with E-state index in [1.54, 1.807) is 11.3 Å². The SMILES string of the molecule is CCCC(NC(C)c1cc(Br)cs1)C(=O)O. The normalized spacial score (nSPS) is 14.7. The van der Waals surface area contributed by atoms with Gasteiger partial charge in [0, 0.05) is 20.8 Å². The van der Waals surface area contributed by atoms with Crippen LogP contribution in [0.1, 0.15) is 37.6 Å². The predicted octanol–water partition coefficient (Wildman–Crippen LogP) is 3.41. The highest BCUT2D eigenvalue weighted by atomic mass is 79.9. The number of aliphatic carboxylic acids is 1. The number of carboxylic acid groups (broad SMARTS) is 1. The molecule has 0 amide bonds. The van der Waals surface area contributed by atoms with Gasteiger partial charge in [0.1, 0.15) is 6.04 Å². The van der Waals surface area contributed by atoms with Gasteiger partial charge in [-0.3, -0.25) is 10.1 Å². The molecule has 0 bridgehead atoms. The minimum Gasteiger partial charge on any atom is -0.480 e. The quantitative estimate of drug-likeness (QED) is 0.846. The Hall–Kier alpha value is -0.390. The molecule has 2 atom stereocenters. The molecule has 3 nitrogen and oxygen atoms in total. The fourth-order valence-electron chi connectivity index (χ4n) is 1.51. The average molecular weight is 306 g/mol. The highest BCUT2D eigenvalue weighted by Gasteiger charge is 2.19. The molecule has 2 unspecified atom stereocenters. The summed E-state index contributed by atoms with van der Waals surface area (Å²) in [6.45, 7) is 3.98. The largest absolute Gasteiger partial charge is 0.480 e. The Morgan fingerprint density at radius 3 is 2.81 bits per heavy atom. The zero-order chi connectivity index (χ0) is 12.1. The maximum atomic E-state index is 11.0. The standard InChI is InChI=1S/C11H16BrNO2S/c1-3-4-9(11(14)15)13-7(2)10-5-8(12)6-16-10/h5-7,9,13H,3-4H2,1-2H3,(H,14,15). The molecule has 0 radical (unpaired) electrons. The van der Waals surface area contributed by atoms with Gasteiger partial charge in [-0.15, -0.1) is 11.3 Å². The maximum Gasteiger partial charge on any atom is 0.320 e. The van der Waals surface area contributed by atoms with E-state index in [1.165, 1.54) is 0 Å². The van der Waals surface area contributed by atoms with Crippen LogP contribution < -0.4 is 5.32 Å². The Kier molecular flexibility index (Phi) is 5.44. The third-order valence-electron chi connectivity index (χ3n) is 2.34. The number of carboxylic acids is 1. The third-order valence-corrected chi connectivity index (χ3v) is 4.22. The van der Waals surface area contributed by atoms with Crippen molar-refractivity contribution in [2.24, 2.45) is 0 Å². The first kappa shape index (κ1) is 13.7. The first-order valence-corrected chi connectivity index (χ1v) is 6.94. The average Bonchev–Trinajstić information content (AvgIpc) is 2.64. The van der Waals surface area contributed by atoms with E-state index in [2.05, 4.69) is 21.2 Å². The summed E-state index contributed by atoms with van der Waals surface area (Å²) >= 11 is 5.02. The van der Waals surface area contributed by atoms with E-state index < -0.39 is 12.0 Å². The van der Waals surface area contributed by atoms with Crippen molar-refractivity contribution >= 4 is 33.2 Å². The molecule has 1 heterocycles. The number of rotatable bonds is 6. The lowest BCUT2D eigenvalue weighted by atomic mass is 10.1. The van der Waals surface area contributed by atoms with Gasteiger partial charge in [0.05, 0.1) is 0 Å². The van der Waals surface area contributed by atoms with Gasteiger partial charge >= 0.3 is 5.97 Å². The molecule has 0 saturated heterocycles. The molecule has 0 aliphatic heterocycles. The number of hydrogen-bond acceptors (Lipinski definition) is 3. The van der Waals surface area contributed by atoms with Crippen LogP contribution in [0.4, 0.5) is 0 Å². The molecule has 0 aromatic carbocycles. The summed E-state index contributed by atoms with van der Waals surface area (Å²) in [5.74, 6) is -0.774. The zero-order valence-corrected chi connectivity index (χ0v) is 11.8. The van der Waals surface area contributed by atoms with Gasteiger partial charge in [0.15, 0.2) is 0 Å². The Morgan fingerprint density at radius 1 is 1.69 bits per heavy atom. The van der Waals surface area contributed by atoms with E-state index in [9.17, 15) is 4.79 Å². The Morgan fingerprint density at radius 2 is 2.38 bits per heavy atom. The molecular weight excluding hydrogens is 290 g/mol. The maximum absolute atomic E-state index is 11.0. The van der Waals surface area contributed by atoms with Crippen molar-refractivity contribution in [3.63, 3.8) is 0 Å². The lowest BCUT2D eigenvalue weighted by Gasteiger charge is -2.18. The number of thiophene rings is 1. The van der Waals surface area contributed by atoms with Crippen LogP contribution in [-0.2, 0) is 4.79 Å². The summed E-state index contributed by atoms with van der Waals surface area (Å²) < 4.78 is 1.04. The van der Waals surface area contributed by atoms with Gasteiger partial charge in [0.2, 0.25) is 0 Å². The van der Waals surface area contributed by atoms with Gasteiger partial charge in [-0.2, -0.15) is 0 Å². The summed E-state index contributed by atoms with van der Waals surface area (Å²) in [6.07, 6.45) is 1.52. The molecule has 0 saturated carbocycles. The Balaban J connectivity index is 2.61. The van der Waals surface area contributed by atoms with E-state index >= 15 is 0 Å². The molecule has 1 aromatic rings. The van der Waals surface area contributed by atoms with Crippen LogP contribution in [0.25, 0.3) is 0 Å². The van der Waals surface area contributed by atoms with Gasteiger partial charge in [-0.05, 0) is 35.3 Å². The molecule has 90 valence electrons. The highest BCUT2D eigenvalue weighted by Crippen LogP contribution is 2.25. The lowest BCUT2D eigenvalue weighted by molar-refractivity contribution is -0.139. The molecule has 1 aromatic heterocycles. The van der Waals surface area contributed by atoms with Crippen LogP contribution >= 0.6 is 27.3 Å². The minimum atomic E-state index is -0.774. The second kappa shape index (κ2) is 6.37.